The number of ether oxygens (including phenoxy) is 2. The maximum absolute atomic E-state index is 13.3. The molecule has 5 aliphatic carbocycles. The molecule has 0 spiro atoms. The first-order chi connectivity index (χ1) is 16.5. The molecule has 1 saturated heterocycles. The fourth-order valence-corrected chi connectivity index (χ4v) is 7.02. The van der Waals surface area contributed by atoms with Crippen LogP contribution >= 0.6 is 0 Å². The van der Waals surface area contributed by atoms with Crippen molar-refractivity contribution in [2.75, 3.05) is 13.7 Å². The number of methoxy groups -OCH3 is 1. The molecule has 4 fully saturated rings. The average Bonchev–Trinajstić information content (AvgIpc) is 3.65. The second-order valence-electron chi connectivity index (χ2n) is 10.5. The highest BCUT2D eigenvalue weighted by atomic mass is 16.5. The van der Waals surface area contributed by atoms with Gasteiger partial charge < -0.3 is 9.47 Å². The van der Waals surface area contributed by atoms with Gasteiger partial charge in [-0.15, -0.1) is 0 Å². The largest absolute Gasteiger partial charge is 0.497 e. The summed E-state index contributed by atoms with van der Waals surface area (Å²) in [6.07, 6.45) is 7.87. The van der Waals surface area contributed by atoms with Crippen LogP contribution in [0.4, 0.5) is 0 Å². The molecule has 178 valence electrons. The highest BCUT2D eigenvalue weighted by molar-refractivity contribution is 6.06. The highest BCUT2D eigenvalue weighted by Gasteiger charge is 2.67. The summed E-state index contributed by atoms with van der Waals surface area (Å²) in [5, 5.41) is 0. The molecule has 7 rings (SSSR count). The lowest BCUT2D eigenvalue weighted by Gasteiger charge is -2.37. The van der Waals surface area contributed by atoms with E-state index in [2.05, 4.69) is 12.2 Å². The average molecular weight is 464 g/mol. The minimum absolute atomic E-state index is 0.0100. The SMILES string of the molecule is COc1ccc(C(=O)COC(=O)C2CCC(N3C(=O)[C@H]4[C@@H]5C=C[C@@H]([C@H]6C[C@H]56)[C@@H]4C3=O)CC2)cc1. The summed E-state index contributed by atoms with van der Waals surface area (Å²) in [7, 11) is 1.55. The number of hydrogen-bond donors (Lipinski definition) is 0. The van der Waals surface area contributed by atoms with Gasteiger partial charge in [0.15, 0.2) is 12.4 Å². The molecular weight excluding hydrogens is 434 g/mol. The van der Waals surface area contributed by atoms with Crippen LogP contribution in [0.15, 0.2) is 36.4 Å². The first-order valence-electron chi connectivity index (χ1n) is 12.4. The van der Waals surface area contributed by atoms with Gasteiger partial charge in [-0.05, 0) is 80.0 Å². The Balaban J connectivity index is 1.03. The van der Waals surface area contributed by atoms with E-state index in [0.29, 0.717) is 48.8 Å². The van der Waals surface area contributed by atoms with Crippen molar-refractivity contribution in [1.82, 2.24) is 4.90 Å². The van der Waals surface area contributed by atoms with Gasteiger partial charge in [-0.1, -0.05) is 12.2 Å². The number of imide groups is 1. The lowest BCUT2D eigenvalue weighted by atomic mass is 9.63. The summed E-state index contributed by atoms with van der Waals surface area (Å²) < 4.78 is 10.4. The summed E-state index contributed by atoms with van der Waals surface area (Å²) in [5.74, 6) is 1.05. The molecule has 7 nitrogen and oxygen atoms in total. The van der Waals surface area contributed by atoms with Gasteiger partial charge >= 0.3 is 5.97 Å². The third kappa shape index (κ3) is 3.31. The molecule has 1 aromatic rings. The number of rotatable bonds is 6. The van der Waals surface area contributed by atoms with Crippen molar-refractivity contribution in [3.8, 4) is 5.75 Å². The van der Waals surface area contributed by atoms with Crippen molar-refractivity contribution in [3.63, 3.8) is 0 Å². The van der Waals surface area contributed by atoms with Gasteiger partial charge in [0, 0.05) is 11.6 Å². The second kappa shape index (κ2) is 8.07. The maximum atomic E-state index is 13.3. The molecule has 0 radical (unpaired) electrons. The summed E-state index contributed by atoms with van der Waals surface area (Å²) >= 11 is 0. The molecule has 0 unspecified atom stereocenters. The van der Waals surface area contributed by atoms with Gasteiger partial charge in [-0.2, -0.15) is 0 Å². The quantitative estimate of drug-likeness (QED) is 0.279. The van der Waals surface area contributed by atoms with E-state index in [1.165, 1.54) is 0 Å². The Morgan fingerprint density at radius 3 is 2.06 bits per heavy atom. The number of carbonyl (C=O) groups excluding carboxylic acids is 4. The first-order valence-corrected chi connectivity index (χ1v) is 12.4. The molecular formula is C27H29NO6. The lowest BCUT2D eigenvalue weighted by Crippen LogP contribution is -2.44. The molecule has 3 saturated carbocycles. The van der Waals surface area contributed by atoms with Crippen LogP contribution in [-0.4, -0.2) is 48.2 Å². The number of amides is 2. The van der Waals surface area contributed by atoms with E-state index in [-0.39, 0.29) is 65.8 Å². The van der Waals surface area contributed by atoms with E-state index >= 15 is 0 Å². The van der Waals surface area contributed by atoms with Gasteiger partial charge in [-0.25, -0.2) is 0 Å². The van der Waals surface area contributed by atoms with Crippen LogP contribution in [-0.2, 0) is 19.1 Å². The standard InChI is InChI=1S/C27H29NO6/c1-33-17-8-4-14(5-9-17)22(29)13-34-27(32)15-2-6-16(7-3-15)28-25(30)23-18-10-11-19(21-12-20(18)21)24(23)26(28)31/h4-5,8-11,15-16,18-21,23-24H,2-3,6-7,12-13H2,1H3/t15?,16?,18-,19+,20-,21-,23+,24+/m1/s1. The Kier molecular flexibility index (Phi) is 5.12. The van der Waals surface area contributed by atoms with Crippen LogP contribution in [0.1, 0.15) is 42.5 Å². The second-order valence-corrected chi connectivity index (χ2v) is 10.5. The molecule has 1 heterocycles. The van der Waals surface area contributed by atoms with E-state index in [0.717, 1.165) is 6.42 Å². The predicted octanol–water partition coefficient (Wildman–Crippen LogP) is 3.03. The molecule has 7 heteroatoms. The van der Waals surface area contributed by atoms with Crippen LogP contribution < -0.4 is 4.74 Å². The summed E-state index contributed by atoms with van der Waals surface area (Å²) in [5.41, 5.74) is 0.464. The number of benzene rings is 1. The number of likely N-dealkylation sites (tertiary alicyclic amines) is 1. The number of ketones is 1. The van der Waals surface area contributed by atoms with E-state index < -0.39 is 0 Å². The zero-order valence-electron chi connectivity index (χ0n) is 19.2. The van der Waals surface area contributed by atoms with E-state index in [4.69, 9.17) is 9.47 Å². The third-order valence-electron chi connectivity index (χ3n) is 8.85. The van der Waals surface area contributed by atoms with Crippen molar-refractivity contribution in [2.45, 2.75) is 38.1 Å². The van der Waals surface area contributed by atoms with Gasteiger partial charge in [0.2, 0.25) is 11.8 Å². The summed E-state index contributed by atoms with van der Waals surface area (Å²) in [6.45, 7) is -0.296. The van der Waals surface area contributed by atoms with Crippen molar-refractivity contribution in [3.05, 3.63) is 42.0 Å². The fourth-order valence-electron chi connectivity index (χ4n) is 7.02. The number of carbonyl (C=O) groups is 4. The van der Waals surface area contributed by atoms with Crippen LogP contribution in [0.5, 0.6) is 5.75 Å². The zero-order valence-corrected chi connectivity index (χ0v) is 19.2. The van der Waals surface area contributed by atoms with E-state index in [9.17, 15) is 19.2 Å². The molecule has 2 amide bonds. The molecule has 6 aliphatic rings. The number of esters is 1. The maximum Gasteiger partial charge on any atom is 0.309 e. The molecule has 0 aromatic heterocycles. The number of nitrogens with zero attached hydrogens (tertiary/aromatic N) is 1. The monoisotopic (exact) mass is 463 g/mol. The summed E-state index contributed by atoms with van der Waals surface area (Å²) in [4.78, 5) is 53.1. The van der Waals surface area contributed by atoms with Gasteiger partial charge in [0.25, 0.3) is 0 Å². The lowest BCUT2D eigenvalue weighted by molar-refractivity contribution is -0.149. The predicted molar refractivity (Wildman–Crippen MR) is 121 cm³/mol. The van der Waals surface area contributed by atoms with E-state index in [1.54, 1.807) is 36.3 Å². The smallest absolute Gasteiger partial charge is 0.309 e. The van der Waals surface area contributed by atoms with Crippen LogP contribution in [0.3, 0.4) is 0 Å². The third-order valence-corrected chi connectivity index (χ3v) is 8.85. The normalized spacial score (nSPS) is 37.3. The van der Waals surface area contributed by atoms with Crippen LogP contribution in [0, 0.1) is 41.4 Å². The molecule has 1 aromatic carbocycles. The van der Waals surface area contributed by atoms with Gasteiger partial charge in [-0.3, -0.25) is 24.1 Å². The topological polar surface area (TPSA) is 90.0 Å². The first kappa shape index (κ1) is 21.6. The molecule has 0 N–H and O–H groups in total. The van der Waals surface area contributed by atoms with Crippen molar-refractivity contribution in [1.29, 1.82) is 0 Å². The van der Waals surface area contributed by atoms with Crippen LogP contribution in [0.25, 0.3) is 0 Å². The Hall–Kier alpha value is -2.96. The van der Waals surface area contributed by atoms with E-state index in [1.807, 2.05) is 0 Å². The zero-order chi connectivity index (χ0) is 23.6. The highest BCUT2D eigenvalue weighted by Crippen LogP contribution is 2.65. The molecule has 6 atom stereocenters. The van der Waals surface area contributed by atoms with Crippen molar-refractivity contribution < 1.29 is 28.7 Å². The number of Topliss-reactive ketones (excluding diaryl/α,β-unsaturated/α-hetero) is 1. The Bertz CT molecular complexity index is 1030. The van der Waals surface area contributed by atoms with Crippen molar-refractivity contribution in [2.24, 2.45) is 41.4 Å². The molecule has 1 aliphatic heterocycles. The van der Waals surface area contributed by atoms with Crippen LogP contribution in [0.2, 0.25) is 0 Å². The fraction of sp³-hybridized carbons (Fsp3) is 0.556. The van der Waals surface area contributed by atoms with Gasteiger partial charge in [0.05, 0.1) is 24.9 Å². The Labute approximate surface area is 198 Å². The van der Waals surface area contributed by atoms with Crippen molar-refractivity contribution >= 4 is 23.6 Å². The molecule has 2 bridgehead atoms. The minimum Gasteiger partial charge on any atom is -0.497 e. The Morgan fingerprint density at radius 1 is 0.912 bits per heavy atom. The number of allylic oxidation sites excluding steroid dienone is 2. The Morgan fingerprint density at radius 2 is 1.50 bits per heavy atom. The van der Waals surface area contributed by atoms with Gasteiger partial charge in [0.1, 0.15) is 5.75 Å². The number of hydrogen-bond acceptors (Lipinski definition) is 6. The molecule has 34 heavy (non-hydrogen) atoms. The summed E-state index contributed by atoms with van der Waals surface area (Å²) in [6, 6.07) is 6.54. The minimum atomic E-state index is -0.379.